The topological polar surface area (TPSA) is 26.8 Å². The molecule has 1 saturated heterocycles. The minimum Gasteiger partial charge on any atom is -0.337 e. The van der Waals surface area contributed by atoms with Crippen LogP contribution in [0.5, 0.6) is 0 Å². The van der Waals surface area contributed by atoms with Crippen molar-refractivity contribution in [2.24, 2.45) is 0 Å². The van der Waals surface area contributed by atoms with E-state index in [1.165, 1.54) is 10.4 Å². The molecular formula is C18H31N3OS. The number of likely N-dealkylation sites (N-methyl/N-ethyl adjacent to an activating group) is 2. The van der Waals surface area contributed by atoms with Gasteiger partial charge in [-0.05, 0) is 44.4 Å². The number of rotatable bonds is 7. The maximum atomic E-state index is 12.9. The fraction of sp³-hybridized carbons (Fsp3) is 0.722. The average molecular weight is 338 g/mol. The first-order valence-corrected chi connectivity index (χ1v) is 9.58. The zero-order valence-corrected chi connectivity index (χ0v) is 15.9. The number of amides is 1. The Morgan fingerprint density at radius 3 is 2.83 bits per heavy atom. The molecule has 0 bridgehead atoms. The average Bonchev–Trinajstić information content (AvgIpc) is 2.92. The largest absolute Gasteiger partial charge is 0.337 e. The van der Waals surface area contributed by atoms with E-state index in [0.29, 0.717) is 18.4 Å². The Balaban J connectivity index is 1.99. The highest BCUT2D eigenvalue weighted by molar-refractivity contribution is 7.10. The Morgan fingerprint density at radius 2 is 2.17 bits per heavy atom. The monoisotopic (exact) mass is 337 g/mol. The van der Waals surface area contributed by atoms with Crippen LogP contribution in [-0.2, 0) is 11.3 Å². The number of aryl methyl sites for hydroxylation is 1. The van der Waals surface area contributed by atoms with Gasteiger partial charge in [-0.1, -0.05) is 13.3 Å². The fourth-order valence-corrected chi connectivity index (χ4v) is 3.95. The minimum absolute atomic E-state index is 0.304. The van der Waals surface area contributed by atoms with Crippen LogP contribution in [0, 0.1) is 6.92 Å². The first-order chi connectivity index (χ1) is 11.0. The minimum atomic E-state index is 0.304. The third kappa shape index (κ3) is 5.30. The molecule has 1 aliphatic rings. The van der Waals surface area contributed by atoms with Crippen molar-refractivity contribution in [3.05, 3.63) is 21.9 Å². The summed E-state index contributed by atoms with van der Waals surface area (Å²) < 4.78 is 0. The van der Waals surface area contributed by atoms with Crippen molar-refractivity contribution in [1.29, 1.82) is 0 Å². The molecule has 1 atom stereocenters. The lowest BCUT2D eigenvalue weighted by molar-refractivity contribution is -0.133. The van der Waals surface area contributed by atoms with Gasteiger partial charge in [-0.2, -0.15) is 0 Å². The summed E-state index contributed by atoms with van der Waals surface area (Å²) in [6.07, 6.45) is 2.84. The Labute approximate surface area is 145 Å². The molecule has 0 N–H and O–H groups in total. The van der Waals surface area contributed by atoms with Crippen LogP contribution < -0.4 is 0 Å². The van der Waals surface area contributed by atoms with E-state index in [0.717, 1.165) is 45.6 Å². The molecule has 1 fully saturated rings. The van der Waals surface area contributed by atoms with E-state index in [9.17, 15) is 4.79 Å². The molecular weight excluding hydrogens is 306 g/mol. The second-order valence-corrected chi connectivity index (χ2v) is 7.80. The lowest BCUT2D eigenvalue weighted by atomic mass is 10.1. The summed E-state index contributed by atoms with van der Waals surface area (Å²) in [4.78, 5) is 21.0. The van der Waals surface area contributed by atoms with E-state index in [4.69, 9.17) is 0 Å². The van der Waals surface area contributed by atoms with Gasteiger partial charge in [-0.3, -0.25) is 4.79 Å². The van der Waals surface area contributed by atoms with Gasteiger partial charge < -0.3 is 14.7 Å². The summed E-state index contributed by atoms with van der Waals surface area (Å²) in [5.74, 6) is 0.304. The quantitative estimate of drug-likeness (QED) is 0.765. The van der Waals surface area contributed by atoms with Gasteiger partial charge in [-0.25, -0.2) is 0 Å². The molecule has 0 aliphatic carbocycles. The molecule has 1 aromatic rings. The lowest BCUT2D eigenvalue weighted by Crippen LogP contribution is -2.51. The molecule has 1 aromatic heterocycles. The van der Waals surface area contributed by atoms with Gasteiger partial charge in [0, 0.05) is 43.5 Å². The van der Waals surface area contributed by atoms with E-state index in [1.807, 2.05) is 0 Å². The summed E-state index contributed by atoms with van der Waals surface area (Å²) in [6, 6.07) is 2.49. The van der Waals surface area contributed by atoms with Crippen LogP contribution in [-0.4, -0.2) is 66.9 Å². The third-order valence-electron chi connectivity index (χ3n) is 4.83. The standard InChI is InChI=1S/C18H31N3OS/c1-5-6-8-21(14-17-15(2)7-11-23-17)18(22)12-16-13-19(3)9-10-20(16)4/h7,11,16H,5-6,8-10,12-14H2,1-4H3. The predicted molar refractivity (Wildman–Crippen MR) is 97.9 cm³/mol. The number of thiophene rings is 1. The molecule has 2 rings (SSSR count). The molecule has 1 aliphatic heterocycles. The normalized spacial score (nSPS) is 19.9. The Kier molecular flexibility index (Phi) is 7.06. The number of hydrogen-bond acceptors (Lipinski definition) is 4. The van der Waals surface area contributed by atoms with Crippen molar-refractivity contribution in [3.63, 3.8) is 0 Å². The first-order valence-electron chi connectivity index (χ1n) is 8.70. The van der Waals surface area contributed by atoms with Crippen LogP contribution in [0.4, 0.5) is 0 Å². The van der Waals surface area contributed by atoms with Crippen molar-refractivity contribution in [2.75, 3.05) is 40.3 Å². The highest BCUT2D eigenvalue weighted by atomic mass is 32.1. The summed E-state index contributed by atoms with van der Waals surface area (Å²) in [5.41, 5.74) is 1.30. The summed E-state index contributed by atoms with van der Waals surface area (Å²) >= 11 is 1.76. The summed E-state index contributed by atoms with van der Waals surface area (Å²) in [6.45, 7) is 9.10. The number of carbonyl (C=O) groups excluding carboxylic acids is 1. The Hall–Kier alpha value is -0.910. The molecule has 5 heteroatoms. The molecule has 23 heavy (non-hydrogen) atoms. The van der Waals surface area contributed by atoms with Gasteiger partial charge in [0.1, 0.15) is 0 Å². The van der Waals surface area contributed by atoms with Gasteiger partial charge in [-0.15, -0.1) is 11.3 Å². The number of unbranched alkanes of at least 4 members (excludes halogenated alkanes) is 1. The van der Waals surface area contributed by atoms with Crippen molar-refractivity contribution < 1.29 is 4.79 Å². The van der Waals surface area contributed by atoms with E-state index in [2.05, 4.69) is 54.1 Å². The molecule has 1 amide bonds. The van der Waals surface area contributed by atoms with Crippen LogP contribution in [0.15, 0.2) is 11.4 Å². The molecule has 0 saturated carbocycles. The number of nitrogens with zero attached hydrogens (tertiary/aromatic N) is 3. The molecule has 0 spiro atoms. The summed E-state index contributed by atoms with van der Waals surface area (Å²) in [5, 5.41) is 2.12. The molecule has 2 heterocycles. The van der Waals surface area contributed by atoms with Gasteiger partial charge in [0.15, 0.2) is 0 Å². The van der Waals surface area contributed by atoms with Crippen LogP contribution in [0.1, 0.15) is 36.6 Å². The van der Waals surface area contributed by atoms with Crippen molar-refractivity contribution in [3.8, 4) is 0 Å². The van der Waals surface area contributed by atoms with Crippen molar-refractivity contribution in [1.82, 2.24) is 14.7 Å². The zero-order valence-electron chi connectivity index (χ0n) is 15.0. The highest BCUT2D eigenvalue weighted by Gasteiger charge is 2.26. The number of piperazine rings is 1. The Bertz CT molecular complexity index is 502. The third-order valence-corrected chi connectivity index (χ3v) is 5.84. The first kappa shape index (κ1) is 18.4. The maximum Gasteiger partial charge on any atom is 0.224 e. The molecule has 1 unspecified atom stereocenters. The van der Waals surface area contributed by atoms with E-state index >= 15 is 0 Å². The van der Waals surface area contributed by atoms with E-state index < -0.39 is 0 Å². The second-order valence-electron chi connectivity index (χ2n) is 6.80. The van der Waals surface area contributed by atoms with Crippen LogP contribution in [0.25, 0.3) is 0 Å². The molecule has 4 nitrogen and oxygen atoms in total. The predicted octanol–water partition coefficient (Wildman–Crippen LogP) is 2.82. The smallest absolute Gasteiger partial charge is 0.224 e. The number of hydrogen-bond donors (Lipinski definition) is 0. The zero-order chi connectivity index (χ0) is 16.8. The van der Waals surface area contributed by atoms with E-state index in [-0.39, 0.29) is 0 Å². The van der Waals surface area contributed by atoms with Crippen molar-refractivity contribution in [2.45, 2.75) is 45.7 Å². The molecule has 0 aromatic carbocycles. The lowest BCUT2D eigenvalue weighted by Gasteiger charge is -2.38. The highest BCUT2D eigenvalue weighted by Crippen LogP contribution is 2.20. The van der Waals surface area contributed by atoms with Gasteiger partial charge in [0.05, 0.1) is 6.54 Å². The summed E-state index contributed by atoms with van der Waals surface area (Å²) in [7, 11) is 4.29. The SMILES string of the molecule is CCCCN(Cc1sccc1C)C(=O)CC1CN(C)CCN1C. The maximum absolute atomic E-state index is 12.9. The fourth-order valence-electron chi connectivity index (χ4n) is 3.03. The second kappa shape index (κ2) is 8.81. The van der Waals surface area contributed by atoms with Crippen LogP contribution >= 0.6 is 11.3 Å². The molecule has 0 radical (unpaired) electrons. The Morgan fingerprint density at radius 1 is 1.39 bits per heavy atom. The van der Waals surface area contributed by atoms with Crippen LogP contribution in [0.3, 0.4) is 0 Å². The van der Waals surface area contributed by atoms with Crippen molar-refractivity contribution >= 4 is 17.2 Å². The van der Waals surface area contributed by atoms with E-state index in [1.54, 1.807) is 11.3 Å². The van der Waals surface area contributed by atoms with Gasteiger partial charge in [0.2, 0.25) is 5.91 Å². The van der Waals surface area contributed by atoms with Crippen LogP contribution in [0.2, 0.25) is 0 Å². The molecule has 130 valence electrons. The van der Waals surface area contributed by atoms with Gasteiger partial charge in [0.25, 0.3) is 0 Å². The number of carbonyl (C=O) groups is 1. The van der Waals surface area contributed by atoms with Gasteiger partial charge >= 0.3 is 0 Å².